The second-order valence-corrected chi connectivity index (χ2v) is 6.41. The Hall–Kier alpha value is -2.33. The molecular weight excluding hydrogens is 300 g/mol. The number of carbonyl (C=O) groups is 1. The molecule has 1 heterocycles. The number of carbonyl (C=O) groups excluding carboxylic acids is 1. The number of methoxy groups -OCH3 is 1. The lowest BCUT2D eigenvalue weighted by Crippen LogP contribution is -2.30. The molecule has 1 aliphatic rings. The topological polar surface area (TPSA) is 41.6 Å². The molecule has 0 aliphatic carbocycles. The van der Waals surface area contributed by atoms with Crippen molar-refractivity contribution in [3.63, 3.8) is 0 Å². The molecule has 3 rings (SSSR count). The molecule has 1 atom stereocenters. The number of nitrogens with one attached hydrogen (secondary N) is 1. The van der Waals surface area contributed by atoms with Crippen LogP contribution in [0.15, 0.2) is 48.5 Å². The van der Waals surface area contributed by atoms with Crippen LogP contribution < -0.4 is 10.1 Å². The molecule has 0 spiro atoms. The smallest absolute Gasteiger partial charge is 0.251 e. The summed E-state index contributed by atoms with van der Waals surface area (Å²) in [5, 5.41) is 3.07. The maximum absolute atomic E-state index is 12.5. The predicted octanol–water partition coefficient (Wildman–Crippen LogP) is 3.04. The number of hydrogen-bond acceptors (Lipinski definition) is 3. The third-order valence-electron chi connectivity index (χ3n) is 4.58. The highest BCUT2D eigenvalue weighted by molar-refractivity contribution is 5.95. The zero-order valence-electron chi connectivity index (χ0n) is 14.3. The minimum absolute atomic E-state index is 0.0127. The Morgan fingerprint density at radius 2 is 2.08 bits per heavy atom. The molecule has 4 heteroatoms. The molecule has 0 aromatic heterocycles. The summed E-state index contributed by atoms with van der Waals surface area (Å²) in [4.78, 5) is 14.8. The fourth-order valence-electron chi connectivity index (χ4n) is 3.24. The normalized spacial score (nSPS) is 17.7. The SMILES string of the molecule is COc1ccccc1-c1cccc(C(=O)NCC2CCN(C)C2)c1. The molecule has 2 aromatic carbocycles. The summed E-state index contributed by atoms with van der Waals surface area (Å²) in [6.45, 7) is 2.91. The van der Waals surface area contributed by atoms with E-state index in [1.165, 1.54) is 0 Å². The van der Waals surface area contributed by atoms with Crippen LogP contribution in [0.25, 0.3) is 11.1 Å². The first kappa shape index (κ1) is 16.5. The van der Waals surface area contributed by atoms with Gasteiger partial charge in [0.15, 0.2) is 0 Å². The summed E-state index contributed by atoms with van der Waals surface area (Å²) in [7, 11) is 3.78. The van der Waals surface area contributed by atoms with E-state index in [2.05, 4.69) is 17.3 Å². The van der Waals surface area contributed by atoms with Gasteiger partial charge in [-0.1, -0.05) is 30.3 Å². The Labute approximate surface area is 143 Å². The fraction of sp³-hybridized carbons (Fsp3) is 0.350. The van der Waals surface area contributed by atoms with Crippen LogP contribution in [0.3, 0.4) is 0 Å². The van der Waals surface area contributed by atoms with Gasteiger partial charge in [-0.15, -0.1) is 0 Å². The monoisotopic (exact) mass is 324 g/mol. The van der Waals surface area contributed by atoms with Gasteiger partial charge >= 0.3 is 0 Å². The Morgan fingerprint density at radius 3 is 2.83 bits per heavy atom. The standard InChI is InChI=1S/C20H24N2O2/c1-22-11-10-15(14-22)13-21-20(23)17-7-5-6-16(12-17)18-8-3-4-9-19(18)24-2/h3-9,12,15H,10-11,13-14H2,1-2H3,(H,21,23). The Bertz CT molecular complexity index is 714. The zero-order chi connectivity index (χ0) is 16.9. The van der Waals surface area contributed by atoms with Crippen LogP contribution in [0, 0.1) is 5.92 Å². The van der Waals surface area contributed by atoms with E-state index >= 15 is 0 Å². The van der Waals surface area contributed by atoms with Gasteiger partial charge in [-0.2, -0.15) is 0 Å². The van der Waals surface area contributed by atoms with Crippen molar-refractivity contribution in [1.29, 1.82) is 0 Å². The van der Waals surface area contributed by atoms with Crippen LogP contribution in [0.5, 0.6) is 5.75 Å². The summed E-state index contributed by atoms with van der Waals surface area (Å²) < 4.78 is 5.42. The third kappa shape index (κ3) is 3.77. The summed E-state index contributed by atoms with van der Waals surface area (Å²) in [6.07, 6.45) is 1.15. The molecular formula is C20H24N2O2. The van der Waals surface area contributed by atoms with Gasteiger partial charge in [0.05, 0.1) is 7.11 Å². The van der Waals surface area contributed by atoms with Crippen molar-refractivity contribution in [2.45, 2.75) is 6.42 Å². The largest absolute Gasteiger partial charge is 0.496 e. The lowest BCUT2D eigenvalue weighted by Gasteiger charge is -2.13. The van der Waals surface area contributed by atoms with Gasteiger partial charge < -0.3 is 15.0 Å². The van der Waals surface area contributed by atoms with Crippen molar-refractivity contribution in [3.05, 3.63) is 54.1 Å². The average Bonchev–Trinajstić information content (AvgIpc) is 3.05. The van der Waals surface area contributed by atoms with Gasteiger partial charge in [-0.25, -0.2) is 0 Å². The first-order valence-corrected chi connectivity index (χ1v) is 8.37. The number of hydrogen-bond donors (Lipinski definition) is 1. The molecule has 1 aliphatic heterocycles. The van der Waals surface area contributed by atoms with Crippen LogP contribution in [0.1, 0.15) is 16.8 Å². The molecule has 0 saturated carbocycles. The molecule has 4 nitrogen and oxygen atoms in total. The van der Waals surface area contributed by atoms with Crippen molar-refractivity contribution >= 4 is 5.91 Å². The number of rotatable bonds is 5. The minimum atomic E-state index is -0.0127. The summed E-state index contributed by atoms with van der Waals surface area (Å²) >= 11 is 0. The third-order valence-corrected chi connectivity index (χ3v) is 4.58. The quantitative estimate of drug-likeness (QED) is 0.919. The second kappa shape index (κ2) is 7.49. The first-order chi connectivity index (χ1) is 11.7. The van der Waals surface area contributed by atoms with Crippen LogP contribution in [-0.4, -0.2) is 44.6 Å². The van der Waals surface area contributed by atoms with Crippen molar-refractivity contribution in [2.75, 3.05) is 33.8 Å². The number of para-hydroxylation sites is 1. The van der Waals surface area contributed by atoms with Crippen molar-refractivity contribution in [3.8, 4) is 16.9 Å². The van der Waals surface area contributed by atoms with Crippen LogP contribution in [-0.2, 0) is 0 Å². The molecule has 1 saturated heterocycles. The van der Waals surface area contributed by atoms with E-state index in [9.17, 15) is 4.79 Å². The van der Waals surface area contributed by atoms with E-state index < -0.39 is 0 Å². The first-order valence-electron chi connectivity index (χ1n) is 8.37. The van der Waals surface area contributed by atoms with Gasteiger partial charge in [0, 0.05) is 24.2 Å². The van der Waals surface area contributed by atoms with Gasteiger partial charge in [0.2, 0.25) is 0 Å². The van der Waals surface area contributed by atoms with Crippen molar-refractivity contribution < 1.29 is 9.53 Å². The molecule has 0 bridgehead atoms. The highest BCUT2D eigenvalue weighted by atomic mass is 16.5. The fourth-order valence-corrected chi connectivity index (χ4v) is 3.24. The Morgan fingerprint density at radius 1 is 1.25 bits per heavy atom. The second-order valence-electron chi connectivity index (χ2n) is 6.41. The zero-order valence-corrected chi connectivity index (χ0v) is 14.3. The molecule has 0 radical (unpaired) electrons. The summed E-state index contributed by atoms with van der Waals surface area (Å²) in [6, 6.07) is 15.5. The van der Waals surface area contributed by atoms with Crippen molar-refractivity contribution in [1.82, 2.24) is 10.2 Å². The molecule has 1 fully saturated rings. The molecule has 24 heavy (non-hydrogen) atoms. The highest BCUT2D eigenvalue weighted by Crippen LogP contribution is 2.29. The Balaban J connectivity index is 1.71. The van der Waals surface area contributed by atoms with Crippen LogP contribution in [0.4, 0.5) is 0 Å². The van der Waals surface area contributed by atoms with Crippen LogP contribution in [0.2, 0.25) is 0 Å². The molecule has 1 amide bonds. The lowest BCUT2D eigenvalue weighted by atomic mass is 10.0. The number of benzene rings is 2. The van der Waals surface area contributed by atoms with Gasteiger partial charge in [0.1, 0.15) is 5.75 Å². The van der Waals surface area contributed by atoms with E-state index in [4.69, 9.17) is 4.74 Å². The highest BCUT2D eigenvalue weighted by Gasteiger charge is 2.20. The molecule has 1 N–H and O–H groups in total. The van der Waals surface area contributed by atoms with E-state index in [-0.39, 0.29) is 5.91 Å². The van der Waals surface area contributed by atoms with Crippen molar-refractivity contribution in [2.24, 2.45) is 5.92 Å². The predicted molar refractivity (Wildman–Crippen MR) is 96.4 cm³/mol. The summed E-state index contributed by atoms with van der Waals surface area (Å²) in [5.41, 5.74) is 2.66. The molecule has 126 valence electrons. The number of ether oxygens (including phenoxy) is 1. The Kier molecular flexibility index (Phi) is 5.16. The van der Waals surface area contributed by atoms with Gasteiger partial charge in [-0.3, -0.25) is 4.79 Å². The van der Waals surface area contributed by atoms with E-state index in [0.717, 1.165) is 42.9 Å². The summed E-state index contributed by atoms with van der Waals surface area (Å²) in [5.74, 6) is 1.35. The maximum Gasteiger partial charge on any atom is 0.251 e. The van der Waals surface area contributed by atoms with E-state index in [1.807, 2.05) is 48.5 Å². The lowest BCUT2D eigenvalue weighted by molar-refractivity contribution is 0.0947. The minimum Gasteiger partial charge on any atom is -0.496 e. The van der Waals surface area contributed by atoms with Gasteiger partial charge in [0.25, 0.3) is 5.91 Å². The number of amides is 1. The number of nitrogens with zero attached hydrogens (tertiary/aromatic N) is 1. The molecule has 2 aromatic rings. The average molecular weight is 324 g/mol. The molecule has 1 unspecified atom stereocenters. The number of likely N-dealkylation sites (tertiary alicyclic amines) is 1. The van der Waals surface area contributed by atoms with E-state index in [1.54, 1.807) is 7.11 Å². The van der Waals surface area contributed by atoms with E-state index in [0.29, 0.717) is 11.5 Å². The van der Waals surface area contributed by atoms with Gasteiger partial charge in [-0.05, 0) is 49.7 Å². The maximum atomic E-state index is 12.5. The van der Waals surface area contributed by atoms with Crippen LogP contribution >= 0.6 is 0 Å².